The van der Waals surface area contributed by atoms with Crippen molar-refractivity contribution < 1.29 is 0 Å². The lowest BCUT2D eigenvalue weighted by atomic mass is 9.98. The maximum atomic E-state index is 3.62. The number of hydrogen-bond acceptors (Lipinski definition) is 0. The van der Waals surface area contributed by atoms with Crippen LogP contribution in [-0.4, -0.2) is 9.97 Å². The fourth-order valence-corrected chi connectivity index (χ4v) is 3.75. The Hall–Kier alpha value is -2.00. The summed E-state index contributed by atoms with van der Waals surface area (Å²) < 4.78 is 1.10. The fourth-order valence-electron chi connectivity index (χ4n) is 3.39. The minimum Gasteiger partial charge on any atom is -0.353 e. The van der Waals surface area contributed by atoms with E-state index in [0.717, 1.165) is 10.2 Å². The zero-order valence-electron chi connectivity index (χ0n) is 13.5. The number of H-pyrrole nitrogens is 2. The zero-order chi connectivity index (χ0) is 16.1. The Labute approximate surface area is 144 Å². The van der Waals surface area contributed by atoms with Gasteiger partial charge >= 0.3 is 0 Å². The van der Waals surface area contributed by atoms with E-state index < -0.39 is 0 Å². The molecule has 0 fully saturated rings. The molecule has 0 aliphatic carbocycles. The molecule has 3 heteroatoms. The topological polar surface area (TPSA) is 31.6 Å². The maximum Gasteiger partial charge on any atom is 0.0665 e. The minimum absolute atomic E-state index is 0.452. The van der Waals surface area contributed by atoms with E-state index in [4.69, 9.17) is 0 Å². The number of aromatic amines is 2. The highest BCUT2D eigenvalue weighted by atomic mass is 79.9. The summed E-state index contributed by atoms with van der Waals surface area (Å²) in [5.41, 5.74) is 7.36. The second-order valence-electron chi connectivity index (χ2n) is 6.53. The summed E-state index contributed by atoms with van der Waals surface area (Å²) in [4.78, 5) is 7.18. The van der Waals surface area contributed by atoms with Crippen LogP contribution in [0, 0.1) is 6.92 Å². The highest BCUT2D eigenvalue weighted by molar-refractivity contribution is 9.10. The van der Waals surface area contributed by atoms with E-state index in [1.165, 1.54) is 38.6 Å². The van der Waals surface area contributed by atoms with Gasteiger partial charge in [0.2, 0.25) is 0 Å². The number of benzene rings is 2. The summed E-state index contributed by atoms with van der Waals surface area (Å²) in [6.07, 6.45) is 0. The van der Waals surface area contributed by atoms with E-state index in [1.54, 1.807) is 0 Å². The van der Waals surface area contributed by atoms with Crippen molar-refractivity contribution in [3.05, 3.63) is 58.1 Å². The van der Waals surface area contributed by atoms with Crippen molar-refractivity contribution in [2.45, 2.75) is 26.7 Å². The van der Waals surface area contributed by atoms with Crippen LogP contribution in [0.15, 0.2) is 46.9 Å². The number of aryl methyl sites for hydroxylation is 1. The molecule has 0 aliphatic heterocycles. The molecule has 0 saturated carbocycles. The number of rotatable bonds is 2. The molecule has 4 aromatic rings. The molecule has 2 aromatic heterocycles. The van der Waals surface area contributed by atoms with Gasteiger partial charge in [-0.3, -0.25) is 0 Å². The summed E-state index contributed by atoms with van der Waals surface area (Å²) in [5, 5.41) is 2.56. The molecule has 4 rings (SSSR count). The summed E-state index contributed by atoms with van der Waals surface area (Å²) >= 11 is 3.57. The molecule has 2 aromatic carbocycles. The molecule has 2 nitrogen and oxygen atoms in total. The van der Waals surface area contributed by atoms with E-state index in [0.29, 0.717) is 5.92 Å². The summed E-state index contributed by atoms with van der Waals surface area (Å²) in [6.45, 7) is 6.63. The second-order valence-corrected chi connectivity index (χ2v) is 7.45. The molecule has 23 heavy (non-hydrogen) atoms. The van der Waals surface area contributed by atoms with Crippen molar-refractivity contribution >= 4 is 37.7 Å². The van der Waals surface area contributed by atoms with Crippen LogP contribution < -0.4 is 0 Å². The molecule has 0 saturated heterocycles. The van der Waals surface area contributed by atoms with Gasteiger partial charge in [0.15, 0.2) is 0 Å². The Morgan fingerprint density at radius 2 is 1.74 bits per heavy atom. The number of aromatic nitrogens is 2. The highest BCUT2D eigenvalue weighted by Gasteiger charge is 2.17. The van der Waals surface area contributed by atoms with Crippen LogP contribution in [0.4, 0.5) is 0 Å². The van der Waals surface area contributed by atoms with Gasteiger partial charge in [-0.25, -0.2) is 0 Å². The first-order chi connectivity index (χ1) is 11.0. The standard InChI is InChI=1S/C20H19BrN2/c1-11(2)19-15-6-5-14(21)10-17(15)23-20(19)18-9-13-8-12(3)4-7-16(13)22-18/h4-11,22-23H,1-3H3. The van der Waals surface area contributed by atoms with Gasteiger partial charge in [0.1, 0.15) is 0 Å². The predicted molar refractivity (Wildman–Crippen MR) is 102 cm³/mol. The monoisotopic (exact) mass is 366 g/mol. The van der Waals surface area contributed by atoms with E-state index in [2.05, 4.69) is 89.1 Å². The first-order valence-electron chi connectivity index (χ1n) is 7.94. The largest absolute Gasteiger partial charge is 0.353 e. The molecular formula is C20H19BrN2. The maximum absolute atomic E-state index is 3.62. The van der Waals surface area contributed by atoms with E-state index >= 15 is 0 Å². The van der Waals surface area contributed by atoms with Crippen LogP contribution in [0.1, 0.15) is 30.9 Å². The van der Waals surface area contributed by atoms with E-state index in [1.807, 2.05) is 0 Å². The SMILES string of the molecule is Cc1ccc2[nH]c(-c3[nH]c4cc(Br)ccc4c3C(C)C)cc2c1. The Balaban J connectivity index is 2.00. The number of hydrogen-bond donors (Lipinski definition) is 2. The molecule has 0 radical (unpaired) electrons. The van der Waals surface area contributed by atoms with Gasteiger partial charge in [-0.15, -0.1) is 0 Å². The van der Waals surface area contributed by atoms with Crippen molar-refractivity contribution in [3.8, 4) is 11.4 Å². The van der Waals surface area contributed by atoms with Crippen molar-refractivity contribution in [2.24, 2.45) is 0 Å². The van der Waals surface area contributed by atoms with Crippen molar-refractivity contribution in [2.75, 3.05) is 0 Å². The lowest BCUT2D eigenvalue weighted by molar-refractivity contribution is 0.877. The molecule has 2 N–H and O–H groups in total. The third kappa shape index (κ3) is 2.40. The molecule has 0 atom stereocenters. The molecule has 0 aliphatic rings. The smallest absolute Gasteiger partial charge is 0.0665 e. The van der Waals surface area contributed by atoms with Crippen LogP contribution in [0.3, 0.4) is 0 Å². The first kappa shape index (κ1) is 14.6. The Morgan fingerprint density at radius 1 is 0.913 bits per heavy atom. The van der Waals surface area contributed by atoms with Crippen LogP contribution in [-0.2, 0) is 0 Å². The number of nitrogens with one attached hydrogen (secondary N) is 2. The molecule has 116 valence electrons. The van der Waals surface area contributed by atoms with Gasteiger partial charge in [-0.1, -0.05) is 47.5 Å². The van der Waals surface area contributed by atoms with Crippen molar-refractivity contribution in [1.29, 1.82) is 0 Å². The Kier molecular flexibility index (Phi) is 3.34. The summed E-state index contributed by atoms with van der Waals surface area (Å²) in [5.74, 6) is 0.452. The Morgan fingerprint density at radius 3 is 2.52 bits per heavy atom. The lowest BCUT2D eigenvalue weighted by Crippen LogP contribution is -1.90. The van der Waals surface area contributed by atoms with Gasteiger partial charge in [0, 0.05) is 26.3 Å². The average Bonchev–Trinajstić information content (AvgIpc) is 3.06. The van der Waals surface area contributed by atoms with Gasteiger partial charge in [-0.05, 0) is 48.7 Å². The fraction of sp³-hybridized carbons (Fsp3) is 0.200. The van der Waals surface area contributed by atoms with Gasteiger partial charge < -0.3 is 9.97 Å². The van der Waals surface area contributed by atoms with Crippen molar-refractivity contribution in [3.63, 3.8) is 0 Å². The zero-order valence-corrected chi connectivity index (χ0v) is 15.1. The van der Waals surface area contributed by atoms with Crippen LogP contribution >= 0.6 is 15.9 Å². The van der Waals surface area contributed by atoms with Crippen LogP contribution in [0.2, 0.25) is 0 Å². The molecule has 0 bridgehead atoms. The van der Waals surface area contributed by atoms with E-state index in [9.17, 15) is 0 Å². The summed E-state index contributed by atoms with van der Waals surface area (Å²) in [6, 6.07) is 15.2. The predicted octanol–water partition coefficient (Wildman–Crippen LogP) is 6.51. The molecule has 0 amide bonds. The summed E-state index contributed by atoms with van der Waals surface area (Å²) in [7, 11) is 0. The third-order valence-corrected chi connectivity index (χ3v) is 4.92. The van der Waals surface area contributed by atoms with Crippen LogP contribution in [0.5, 0.6) is 0 Å². The highest BCUT2D eigenvalue weighted by Crippen LogP contribution is 2.37. The van der Waals surface area contributed by atoms with Gasteiger partial charge in [-0.2, -0.15) is 0 Å². The van der Waals surface area contributed by atoms with Crippen molar-refractivity contribution in [1.82, 2.24) is 9.97 Å². The van der Waals surface area contributed by atoms with Gasteiger partial charge in [0.05, 0.1) is 11.4 Å². The van der Waals surface area contributed by atoms with Gasteiger partial charge in [0.25, 0.3) is 0 Å². The van der Waals surface area contributed by atoms with Crippen LogP contribution in [0.25, 0.3) is 33.2 Å². The normalized spacial score (nSPS) is 11.9. The quantitative estimate of drug-likeness (QED) is 0.405. The molecule has 0 spiro atoms. The van der Waals surface area contributed by atoms with E-state index in [-0.39, 0.29) is 0 Å². The first-order valence-corrected chi connectivity index (χ1v) is 8.73. The number of halogens is 1. The lowest BCUT2D eigenvalue weighted by Gasteiger charge is -2.07. The number of fused-ring (bicyclic) bond motifs is 2. The molecular weight excluding hydrogens is 348 g/mol. The Bertz CT molecular complexity index is 1020. The average molecular weight is 367 g/mol. The molecule has 2 heterocycles. The second kappa shape index (κ2) is 5.27. The molecule has 0 unspecified atom stereocenters. The minimum atomic E-state index is 0.452. The third-order valence-electron chi connectivity index (χ3n) is 4.42.